The summed E-state index contributed by atoms with van der Waals surface area (Å²) in [5, 5.41) is 5.80. The second kappa shape index (κ2) is 9.18. The average molecular weight is 419 g/mol. The molecule has 30 heavy (non-hydrogen) atoms. The van der Waals surface area contributed by atoms with Crippen molar-refractivity contribution >= 4 is 35.0 Å². The lowest BCUT2D eigenvalue weighted by atomic mass is 9.87. The van der Waals surface area contributed by atoms with Crippen LogP contribution in [0, 0.1) is 0 Å². The number of benzene rings is 3. The molecule has 0 fully saturated rings. The molecular formula is C25H26N2O2S. The van der Waals surface area contributed by atoms with E-state index in [-0.39, 0.29) is 17.2 Å². The van der Waals surface area contributed by atoms with E-state index in [9.17, 15) is 9.59 Å². The first-order chi connectivity index (χ1) is 14.3. The molecule has 0 unspecified atom stereocenters. The fourth-order valence-electron chi connectivity index (χ4n) is 3.03. The Bertz CT molecular complexity index is 1050. The zero-order chi connectivity index (χ0) is 21.7. The molecule has 0 bridgehead atoms. The van der Waals surface area contributed by atoms with Gasteiger partial charge >= 0.3 is 0 Å². The van der Waals surface area contributed by atoms with Gasteiger partial charge in [0.05, 0.1) is 5.56 Å². The van der Waals surface area contributed by atoms with Crippen LogP contribution in [-0.4, -0.2) is 18.1 Å². The number of anilines is 2. The van der Waals surface area contributed by atoms with Gasteiger partial charge in [0, 0.05) is 21.8 Å². The third kappa shape index (κ3) is 5.30. The molecule has 154 valence electrons. The predicted molar refractivity (Wildman–Crippen MR) is 126 cm³/mol. The minimum atomic E-state index is -0.188. The van der Waals surface area contributed by atoms with Crippen molar-refractivity contribution < 1.29 is 9.59 Å². The van der Waals surface area contributed by atoms with Gasteiger partial charge < -0.3 is 10.6 Å². The maximum absolute atomic E-state index is 12.6. The highest BCUT2D eigenvalue weighted by molar-refractivity contribution is 7.98. The van der Waals surface area contributed by atoms with Gasteiger partial charge in [-0.1, -0.05) is 51.1 Å². The molecule has 3 aromatic rings. The second-order valence-corrected chi connectivity index (χ2v) is 8.86. The summed E-state index contributed by atoms with van der Waals surface area (Å²) in [6.45, 7) is 6.42. The van der Waals surface area contributed by atoms with Crippen molar-refractivity contribution in [2.45, 2.75) is 31.1 Å². The molecular weight excluding hydrogens is 392 g/mol. The quantitative estimate of drug-likeness (QED) is 0.484. The lowest BCUT2D eigenvalue weighted by Gasteiger charge is -2.19. The van der Waals surface area contributed by atoms with Crippen molar-refractivity contribution in [2.24, 2.45) is 0 Å². The highest BCUT2D eigenvalue weighted by Crippen LogP contribution is 2.24. The summed E-state index contributed by atoms with van der Waals surface area (Å²) in [7, 11) is 0. The van der Waals surface area contributed by atoms with E-state index in [0.717, 1.165) is 4.90 Å². The first-order valence-corrected chi connectivity index (χ1v) is 11.0. The molecule has 0 radical (unpaired) electrons. The second-order valence-electron chi connectivity index (χ2n) is 8.02. The Morgan fingerprint density at radius 2 is 1.37 bits per heavy atom. The number of rotatable bonds is 5. The van der Waals surface area contributed by atoms with Crippen LogP contribution in [0.25, 0.3) is 0 Å². The topological polar surface area (TPSA) is 58.2 Å². The number of thioether (sulfide) groups is 1. The molecule has 0 saturated heterocycles. The molecule has 0 heterocycles. The molecule has 0 saturated carbocycles. The Hall–Kier alpha value is -3.05. The van der Waals surface area contributed by atoms with E-state index in [1.54, 1.807) is 30.3 Å². The normalized spacial score (nSPS) is 11.1. The van der Waals surface area contributed by atoms with Crippen LogP contribution < -0.4 is 10.6 Å². The monoisotopic (exact) mass is 418 g/mol. The fourth-order valence-corrected chi connectivity index (χ4v) is 3.63. The third-order valence-electron chi connectivity index (χ3n) is 4.74. The first-order valence-electron chi connectivity index (χ1n) is 9.74. The summed E-state index contributed by atoms with van der Waals surface area (Å²) in [6.07, 6.45) is 1.94. The van der Waals surface area contributed by atoms with Crippen LogP contribution in [0.3, 0.4) is 0 Å². The molecule has 0 aromatic heterocycles. The van der Waals surface area contributed by atoms with E-state index in [0.29, 0.717) is 22.5 Å². The Morgan fingerprint density at radius 3 is 1.97 bits per heavy atom. The van der Waals surface area contributed by atoms with Crippen LogP contribution >= 0.6 is 11.8 Å². The summed E-state index contributed by atoms with van der Waals surface area (Å²) < 4.78 is 0. The number of amides is 2. The number of carbonyl (C=O) groups is 2. The number of nitrogens with one attached hydrogen (secondary N) is 2. The van der Waals surface area contributed by atoms with Crippen LogP contribution in [0.15, 0.2) is 77.7 Å². The lowest BCUT2D eigenvalue weighted by molar-refractivity contribution is 0.101. The summed E-state index contributed by atoms with van der Waals surface area (Å²) >= 11 is 1.53. The minimum absolute atomic E-state index is 0.0381. The van der Waals surface area contributed by atoms with E-state index >= 15 is 0 Å². The number of carbonyl (C=O) groups excluding carboxylic acids is 2. The van der Waals surface area contributed by atoms with Gasteiger partial charge in [0.2, 0.25) is 0 Å². The molecule has 2 N–H and O–H groups in total. The zero-order valence-electron chi connectivity index (χ0n) is 17.7. The molecule has 0 aliphatic heterocycles. The van der Waals surface area contributed by atoms with E-state index in [1.165, 1.54) is 17.3 Å². The van der Waals surface area contributed by atoms with Gasteiger partial charge in [0.15, 0.2) is 0 Å². The Kier molecular flexibility index (Phi) is 6.63. The van der Waals surface area contributed by atoms with E-state index in [4.69, 9.17) is 0 Å². The Morgan fingerprint density at radius 1 is 0.767 bits per heavy atom. The number of hydrogen-bond donors (Lipinski definition) is 2. The maximum atomic E-state index is 12.6. The summed E-state index contributed by atoms with van der Waals surface area (Å²) in [6, 6.07) is 22.2. The molecule has 2 amide bonds. The van der Waals surface area contributed by atoms with Crippen molar-refractivity contribution in [1.29, 1.82) is 0 Å². The lowest BCUT2D eigenvalue weighted by Crippen LogP contribution is -2.15. The van der Waals surface area contributed by atoms with Crippen molar-refractivity contribution in [1.82, 2.24) is 0 Å². The van der Waals surface area contributed by atoms with Crippen molar-refractivity contribution in [3.05, 3.63) is 89.5 Å². The molecule has 4 nitrogen and oxygen atoms in total. The molecule has 0 spiro atoms. The average Bonchev–Trinajstić information content (AvgIpc) is 2.73. The van der Waals surface area contributed by atoms with E-state index < -0.39 is 0 Å². The van der Waals surface area contributed by atoms with Gasteiger partial charge in [0.1, 0.15) is 0 Å². The molecule has 3 aromatic carbocycles. The fraction of sp³-hybridized carbons (Fsp3) is 0.200. The highest BCUT2D eigenvalue weighted by atomic mass is 32.2. The minimum Gasteiger partial charge on any atom is -0.322 e. The molecule has 5 heteroatoms. The predicted octanol–water partition coefficient (Wildman–Crippen LogP) is 6.21. The molecule has 0 aliphatic rings. The largest absolute Gasteiger partial charge is 0.322 e. The number of hydrogen-bond acceptors (Lipinski definition) is 3. The molecule has 3 rings (SSSR count). The van der Waals surface area contributed by atoms with Gasteiger partial charge in [-0.05, 0) is 59.7 Å². The van der Waals surface area contributed by atoms with Crippen LogP contribution in [-0.2, 0) is 5.41 Å². The molecule has 0 aliphatic carbocycles. The van der Waals surface area contributed by atoms with Gasteiger partial charge in [-0.3, -0.25) is 9.59 Å². The van der Waals surface area contributed by atoms with Gasteiger partial charge in [-0.15, -0.1) is 11.8 Å². The Balaban J connectivity index is 1.71. The van der Waals surface area contributed by atoms with Crippen LogP contribution in [0.1, 0.15) is 47.1 Å². The maximum Gasteiger partial charge on any atom is 0.256 e. The van der Waals surface area contributed by atoms with E-state index in [2.05, 4.69) is 31.4 Å². The van der Waals surface area contributed by atoms with Crippen molar-refractivity contribution in [3.8, 4) is 0 Å². The SMILES string of the molecule is CSc1ccccc1C(=O)Nc1cccc(NC(=O)c2ccc(C(C)(C)C)cc2)c1. The van der Waals surface area contributed by atoms with Gasteiger partial charge in [-0.2, -0.15) is 0 Å². The summed E-state index contributed by atoms with van der Waals surface area (Å²) in [4.78, 5) is 26.2. The van der Waals surface area contributed by atoms with Crippen LogP contribution in [0.2, 0.25) is 0 Å². The Labute approximate surface area is 182 Å². The van der Waals surface area contributed by atoms with Crippen LogP contribution in [0.4, 0.5) is 11.4 Å². The van der Waals surface area contributed by atoms with Gasteiger partial charge in [0.25, 0.3) is 11.8 Å². The van der Waals surface area contributed by atoms with Crippen LogP contribution in [0.5, 0.6) is 0 Å². The van der Waals surface area contributed by atoms with Crippen molar-refractivity contribution in [3.63, 3.8) is 0 Å². The standard InChI is InChI=1S/C25H26N2O2S/c1-25(2,3)18-14-12-17(13-15-18)23(28)26-19-8-7-9-20(16-19)27-24(29)21-10-5-6-11-22(21)30-4/h5-16H,1-4H3,(H,26,28)(H,27,29). The smallest absolute Gasteiger partial charge is 0.256 e. The highest BCUT2D eigenvalue weighted by Gasteiger charge is 2.15. The zero-order valence-corrected chi connectivity index (χ0v) is 18.5. The summed E-state index contributed by atoms with van der Waals surface area (Å²) in [5.74, 6) is -0.368. The third-order valence-corrected chi connectivity index (χ3v) is 5.54. The summed E-state index contributed by atoms with van der Waals surface area (Å²) in [5.41, 5.74) is 3.67. The molecule has 0 atom stereocenters. The van der Waals surface area contributed by atoms with Gasteiger partial charge in [-0.25, -0.2) is 0 Å². The van der Waals surface area contributed by atoms with E-state index in [1.807, 2.05) is 48.7 Å². The first kappa shape index (κ1) is 21.7. The van der Waals surface area contributed by atoms with Crippen molar-refractivity contribution in [2.75, 3.05) is 16.9 Å².